The van der Waals surface area contributed by atoms with E-state index in [4.69, 9.17) is 5.73 Å². The van der Waals surface area contributed by atoms with E-state index in [0.717, 1.165) is 18.4 Å². The van der Waals surface area contributed by atoms with E-state index in [9.17, 15) is 9.59 Å². The van der Waals surface area contributed by atoms with Crippen molar-refractivity contribution in [2.45, 2.75) is 31.7 Å². The highest BCUT2D eigenvalue weighted by Crippen LogP contribution is 2.16. The molecule has 0 aromatic heterocycles. The van der Waals surface area contributed by atoms with Crippen molar-refractivity contribution < 1.29 is 9.59 Å². The molecule has 0 spiro atoms. The van der Waals surface area contributed by atoms with E-state index >= 15 is 0 Å². The number of aryl methyl sites for hydroxylation is 1. The third-order valence-corrected chi connectivity index (χ3v) is 5.31. The fourth-order valence-corrected chi connectivity index (χ4v) is 3.59. The lowest BCUT2D eigenvalue weighted by molar-refractivity contribution is -0.139. The van der Waals surface area contributed by atoms with Crippen LogP contribution in [-0.2, 0) is 16.0 Å². The molecule has 1 fully saturated rings. The van der Waals surface area contributed by atoms with Gasteiger partial charge in [-0.2, -0.15) is 0 Å². The van der Waals surface area contributed by atoms with E-state index in [1.54, 1.807) is 0 Å². The van der Waals surface area contributed by atoms with Crippen LogP contribution in [0, 0.1) is 0 Å². The summed E-state index contributed by atoms with van der Waals surface area (Å²) in [6.45, 7) is 2.39. The van der Waals surface area contributed by atoms with Gasteiger partial charge in [-0.05, 0) is 24.0 Å². The summed E-state index contributed by atoms with van der Waals surface area (Å²) in [6.07, 6.45) is 2.63. The van der Waals surface area contributed by atoms with Crippen LogP contribution in [0.2, 0.25) is 0 Å². The van der Waals surface area contributed by atoms with Crippen LogP contribution in [-0.4, -0.2) is 47.8 Å². The van der Waals surface area contributed by atoms with E-state index in [0.29, 0.717) is 39.0 Å². The van der Waals surface area contributed by atoms with Crippen molar-refractivity contribution in [1.29, 1.82) is 0 Å². The van der Waals surface area contributed by atoms with Gasteiger partial charge in [-0.25, -0.2) is 0 Å². The number of benzene rings is 2. The first-order chi connectivity index (χ1) is 13.6. The number of hydrogen-bond acceptors (Lipinski definition) is 3. The van der Waals surface area contributed by atoms with E-state index in [1.165, 1.54) is 5.56 Å². The zero-order valence-corrected chi connectivity index (χ0v) is 16.3. The maximum absolute atomic E-state index is 12.5. The zero-order chi connectivity index (χ0) is 19.8. The molecule has 0 saturated carbocycles. The van der Waals surface area contributed by atoms with E-state index in [-0.39, 0.29) is 17.9 Å². The van der Waals surface area contributed by atoms with Gasteiger partial charge < -0.3 is 15.5 Å². The van der Waals surface area contributed by atoms with Crippen molar-refractivity contribution in [1.82, 2.24) is 9.80 Å². The summed E-state index contributed by atoms with van der Waals surface area (Å²) in [7, 11) is 0. The molecule has 1 unspecified atom stereocenters. The van der Waals surface area contributed by atoms with Crippen LogP contribution in [0.1, 0.15) is 36.4 Å². The maximum Gasteiger partial charge on any atom is 0.224 e. The van der Waals surface area contributed by atoms with Crippen LogP contribution in [0.4, 0.5) is 0 Å². The number of piperazine rings is 1. The second-order valence-corrected chi connectivity index (χ2v) is 7.32. The molecule has 28 heavy (non-hydrogen) atoms. The Bertz CT molecular complexity index is 756. The minimum absolute atomic E-state index is 0.0625. The van der Waals surface area contributed by atoms with Crippen molar-refractivity contribution in [3.63, 3.8) is 0 Å². The van der Waals surface area contributed by atoms with Gasteiger partial charge >= 0.3 is 0 Å². The first kappa shape index (κ1) is 20.1. The summed E-state index contributed by atoms with van der Waals surface area (Å²) in [4.78, 5) is 28.7. The summed E-state index contributed by atoms with van der Waals surface area (Å²) in [5.41, 5.74) is 8.41. The minimum Gasteiger partial charge on any atom is -0.339 e. The topological polar surface area (TPSA) is 66.6 Å². The lowest BCUT2D eigenvalue weighted by atomic mass is 10.0. The molecule has 5 nitrogen and oxygen atoms in total. The number of carbonyl (C=O) groups is 2. The molecular weight excluding hydrogens is 350 g/mol. The van der Waals surface area contributed by atoms with Gasteiger partial charge in [0.25, 0.3) is 0 Å². The number of amides is 2. The highest BCUT2D eigenvalue weighted by Gasteiger charge is 2.25. The quantitative estimate of drug-likeness (QED) is 0.804. The lowest BCUT2D eigenvalue weighted by Crippen LogP contribution is -2.51. The number of carbonyl (C=O) groups excluding carboxylic acids is 2. The Labute approximate surface area is 167 Å². The van der Waals surface area contributed by atoms with Crippen molar-refractivity contribution in [3.8, 4) is 0 Å². The molecule has 0 bridgehead atoms. The van der Waals surface area contributed by atoms with Gasteiger partial charge in [0.2, 0.25) is 11.8 Å². The number of nitrogens with two attached hydrogens (primary N) is 1. The van der Waals surface area contributed by atoms with Crippen LogP contribution in [0.15, 0.2) is 60.7 Å². The average molecular weight is 380 g/mol. The van der Waals surface area contributed by atoms with E-state index < -0.39 is 0 Å². The van der Waals surface area contributed by atoms with Gasteiger partial charge in [-0.15, -0.1) is 0 Å². The highest BCUT2D eigenvalue weighted by molar-refractivity contribution is 5.79. The van der Waals surface area contributed by atoms with Crippen molar-refractivity contribution in [3.05, 3.63) is 71.8 Å². The normalized spacial score (nSPS) is 15.3. The van der Waals surface area contributed by atoms with Gasteiger partial charge in [-0.1, -0.05) is 60.7 Å². The Balaban J connectivity index is 1.38. The van der Waals surface area contributed by atoms with Crippen LogP contribution >= 0.6 is 0 Å². The minimum atomic E-state index is -0.286. The Kier molecular flexibility index (Phi) is 7.20. The predicted molar refractivity (Wildman–Crippen MR) is 111 cm³/mol. The SMILES string of the molecule is NC(CC(=O)N1CCN(C(=O)CCCc2ccccc2)CC1)c1ccccc1. The van der Waals surface area contributed by atoms with Crippen LogP contribution in [0.3, 0.4) is 0 Å². The fraction of sp³-hybridized carbons (Fsp3) is 0.391. The molecule has 1 aliphatic heterocycles. The summed E-state index contributed by atoms with van der Waals surface area (Å²) in [5.74, 6) is 0.247. The molecule has 1 saturated heterocycles. The monoisotopic (exact) mass is 379 g/mol. The van der Waals surface area contributed by atoms with E-state index in [1.807, 2.05) is 58.3 Å². The second-order valence-electron chi connectivity index (χ2n) is 7.32. The van der Waals surface area contributed by atoms with Gasteiger partial charge in [-0.3, -0.25) is 9.59 Å². The van der Waals surface area contributed by atoms with Crippen molar-refractivity contribution >= 4 is 11.8 Å². The average Bonchev–Trinajstić information content (AvgIpc) is 2.75. The number of hydrogen-bond donors (Lipinski definition) is 1. The van der Waals surface area contributed by atoms with Gasteiger partial charge in [0.15, 0.2) is 0 Å². The Morgan fingerprint density at radius 1 is 0.821 bits per heavy atom. The summed E-state index contributed by atoms with van der Waals surface area (Å²) >= 11 is 0. The van der Waals surface area contributed by atoms with Crippen LogP contribution < -0.4 is 5.73 Å². The lowest BCUT2D eigenvalue weighted by Gasteiger charge is -2.35. The van der Waals surface area contributed by atoms with Crippen molar-refractivity contribution in [2.75, 3.05) is 26.2 Å². The van der Waals surface area contributed by atoms with Crippen LogP contribution in [0.25, 0.3) is 0 Å². The summed E-state index contributed by atoms with van der Waals surface area (Å²) < 4.78 is 0. The number of rotatable bonds is 7. The molecule has 2 amide bonds. The molecule has 2 aromatic carbocycles. The van der Waals surface area contributed by atoms with Crippen molar-refractivity contribution in [2.24, 2.45) is 5.73 Å². The molecule has 2 N–H and O–H groups in total. The molecule has 0 aliphatic carbocycles. The van der Waals surface area contributed by atoms with Gasteiger partial charge in [0.1, 0.15) is 0 Å². The highest BCUT2D eigenvalue weighted by atomic mass is 16.2. The first-order valence-corrected chi connectivity index (χ1v) is 10.0. The molecule has 1 atom stereocenters. The molecule has 3 rings (SSSR count). The Morgan fingerprint density at radius 3 is 1.96 bits per heavy atom. The van der Waals surface area contributed by atoms with Gasteiger partial charge in [0, 0.05) is 45.1 Å². The molecule has 1 aliphatic rings. The summed E-state index contributed by atoms with van der Waals surface area (Å²) in [6, 6.07) is 19.7. The molecule has 5 heteroatoms. The molecule has 1 heterocycles. The zero-order valence-electron chi connectivity index (χ0n) is 16.3. The maximum atomic E-state index is 12.5. The molecule has 148 valence electrons. The second kappa shape index (κ2) is 10.0. The Morgan fingerprint density at radius 2 is 1.36 bits per heavy atom. The smallest absolute Gasteiger partial charge is 0.224 e. The fourth-order valence-electron chi connectivity index (χ4n) is 3.59. The summed E-state index contributed by atoms with van der Waals surface area (Å²) in [5, 5.41) is 0. The first-order valence-electron chi connectivity index (χ1n) is 10.0. The molecular formula is C23H29N3O2. The van der Waals surface area contributed by atoms with Gasteiger partial charge in [0.05, 0.1) is 0 Å². The molecule has 0 radical (unpaired) electrons. The largest absolute Gasteiger partial charge is 0.339 e. The number of nitrogens with zero attached hydrogens (tertiary/aromatic N) is 2. The van der Waals surface area contributed by atoms with E-state index in [2.05, 4.69) is 12.1 Å². The third kappa shape index (κ3) is 5.67. The Hall–Kier alpha value is -2.66. The third-order valence-electron chi connectivity index (χ3n) is 5.31. The predicted octanol–water partition coefficient (Wildman–Crippen LogP) is 2.77. The molecule has 2 aromatic rings. The standard InChI is InChI=1S/C23H29N3O2/c24-21(20-11-5-2-6-12-20)18-23(28)26-16-14-25(15-17-26)22(27)13-7-10-19-8-3-1-4-9-19/h1-6,8-9,11-12,21H,7,10,13-18,24H2. The van der Waals surface area contributed by atoms with Crippen LogP contribution in [0.5, 0.6) is 0 Å².